The van der Waals surface area contributed by atoms with E-state index in [2.05, 4.69) is 10.3 Å². The van der Waals surface area contributed by atoms with Crippen LogP contribution in [-0.2, 0) is 4.79 Å². The number of hydrogen-bond donors (Lipinski definition) is 1. The van der Waals surface area contributed by atoms with Crippen LogP contribution in [0.15, 0.2) is 30.5 Å². The molecule has 0 unspecified atom stereocenters. The quantitative estimate of drug-likeness (QED) is 0.834. The molecule has 0 radical (unpaired) electrons. The second kappa shape index (κ2) is 7.18. The van der Waals surface area contributed by atoms with Crippen LogP contribution < -0.4 is 5.32 Å². The summed E-state index contributed by atoms with van der Waals surface area (Å²) >= 11 is 6.00. The van der Waals surface area contributed by atoms with Crippen molar-refractivity contribution in [2.24, 2.45) is 5.41 Å². The molecule has 1 aromatic heterocycles. The fraction of sp³-hybridized carbons (Fsp3) is 0.444. The highest BCUT2D eigenvalue weighted by Gasteiger charge is 2.24. The van der Waals surface area contributed by atoms with Gasteiger partial charge in [-0.3, -0.25) is 9.78 Å². The molecule has 2 aromatic rings. The molecule has 1 N–H and O–H groups in total. The minimum Gasteiger partial charge on any atom is -0.384 e. The molecule has 5 heteroatoms. The summed E-state index contributed by atoms with van der Waals surface area (Å²) < 4.78 is 0. The van der Waals surface area contributed by atoms with E-state index in [1.165, 1.54) is 0 Å². The molecule has 0 bridgehead atoms. The normalized spacial score (nSPS) is 11.5. The van der Waals surface area contributed by atoms with Crippen molar-refractivity contribution in [1.82, 2.24) is 9.88 Å². The first kappa shape index (κ1) is 17.5. The molecule has 0 aliphatic rings. The predicted molar refractivity (Wildman–Crippen MR) is 97.0 cm³/mol. The smallest absolute Gasteiger partial charge is 0.227 e. The highest BCUT2D eigenvalue weighted by molar-refractivity contribution is 6.31. The summed E-state index contributed by atoms with van der Waals surface area (Å²) in [7, 11) is 1.86. The van der Waals surface area contributed by atoms with Crippen molar-refractivity contribution >= 4 is 34.1 Å². The monoisotopic (exact) mass is 333 g/mol. The zero-order chi connectivity index (χ0) is 17.0. The summed E-state index contributed by atoms with van der Waals surface area (Å²) in [5.74, 6) is 0.168. The van der Waals surface area contributed by atoms with Crippen LogP contribution in [0.25, 0.3) is 10.9 Å². The first-order valence-electron chi connectivity index (χ1n) is 7.83. The van der Waals surface area contributed by atoms with E-state index in [0.717, 1.165) is 36.1 Å². The van der Waals surface area contributed by atoms with Gasteiger partial charge in [0.1, 0.15) is 0 Å². The zero-order valence-electron chi connectivity index (χ0n) is 14.2. The van der Waals surface area contributed by atoms with Crippen molar-refractivity contribution in [2.75, 3.05) is 25.5 Å². The number of carbonyl (C=O) groups excluding carboxylic acids is 1. The average Bonchev–Trinajstić information content (AvgIpc) is 2.49. The molecule has 1 amide bonds. The number of carbonyl (C=O) groups is 1. The maximum Gasteiger partial charge on any atom is 0.227 e. The summed E-state index contributed by atoms with van der Waals surface area (Å²) in [6.07, 6.45) is 2.66. The number of hydrogen-bond acceptors (Lipinski definition) is 3. The van der Waals surface area contributed by atoms with Gasteiger partial charge in [-0.15, -0.1) is 0 Å². The molecule has 1 heterocycles. The van der Waals surface area contributed by atoms with Crippen molar-refractivity contribution in [3.8, 4) is 0 Å². The summed E-state index contributed by atoms with van der Waals surface area (Å²) in [5, 5.41) is 5.16. The Hall–Kier alpha value is -1.81. The van der Waals surface area contributed by atoms with Gasteiger partial charge in [0.25, 0.3) is 0 Å². The first-order chi connectivity index (χ1) is 10.8. The van der Waals surface area contributed by atoms with E-state index >= 15 is 0 Å². The van der Waals surface area contributed by atoms with E-state index in [-0.39, 0.29) is 11.3 Å². The Morgan fingerprint density at radius 2 is 2.04 bits per heavy atom. The Bertz CT molecular complexity index is 694. The molecule has 23 heavy (non-hydrogen) atoms. The minimum atomic E-state index is -0.331. The molecule has 0 atom stereocenters. The van der Waals surface area contributed by atoms with Gasteiger partial charge in [0, 0.05) is 47.8 Å². The van der Waals surface area contributed by atoms with E-state index in [4.69, 9.17) is 11.6 Å². The van der Waals surface area contributed by atoms with Crippen molar-refractivity contribution in [3.63, 3.8) is 0 Å². The standard InChI is InChI=1S/C18H24ClN3O/c1-18(2,3)17(23)22(4)11-5-9-20-15-8-10-21-16-12-13(19)6-7-14(15)16/h6-8,10,12H,5,9,11H2,1-4H3,(H,20,21). The number of rotatable bonds is 5. The lowest BCUT2D eigenvalue weighted by Gasteiger charge is -2.26. The van der Waals surface area contributed by atoms with Crippen LogP contribution in [0.2, 0.25) is 5.02 Å². The van der Waals surface area contributed by atoms with Crippen molar-refractivity contribution in [1.29, 1.82) is 0 Å². The van der Waals surface area contributed by atoms with Gasteiger partial charge in [-0.25, -0.2) is 0 Å². The molecular weight excluding hydrogens is 310 g/mol. The summed E-state index contributed by atoms with van der Waals surface area (Å²) in [5.41, 5.74) is 1.59. The molecule has 2 rings (SSSR count). The molecule has 0 saturated carbocycles. The SMILES string of the molecule is CN(CCCNc1ccnc2cc(Cl)ccc12)C(=O)C(C)(C)C. The Morgan fingerprint density at radius 1 is 1.30 bits per heavy atom. The van der Waals surface area contributed by atoms with Gasteiger partial charge in [-0.05, 0) is 30.7 Å². The van der Waals surface area contributed by atoms with E-state index < -0.39 is 0 Å². The van der Waals surface area contributed by atoms with E-state index in [9.17, 15) is 4.79 Å². The third-order valence-corrected chi connectivity index (χ3v) is 3.91. The Morgan fingerprint density at radius 3 is 2.74 bits per heavy atom. The zero-order valence-corrected chi connectivity index (χ0v) is 14.9. The second-order valence-electron chi connectivity index (χ2n) is 6.78. The third kappa shape index (κ3) is 4.58. The maximum absolute atomic E-state index is 12.1. The van der Waals surface area contributed by atoms with Crippen LogP contribution in [0.3, 0.4) is 0 Å². The Balaban J connectivity index is 1.91. The van der Waals surface area contributed by atoms with Crippen LogP contribution >= 0.6 is 11.6 Å². The van der Waals surface area contributed by atoms with Gasteiger partial charge < -0.3 is 10.2 Å². The molecule has 0 aliphatic heterocycles. The minimum absolute atomic E-state index is 0.168. The summed E-state index contributed by atoms with van der Waals surface area (Å²) in [6, 6.07) is 7.66. The van der Waals surface area contributed by atoms with Crippen LogP contribution in [-0.4, -0.2) is 35.9 Å². The molecule has 0 aliphatic carbocycles. The van der Waals surface area contributed by atoms with Crippen LogP contribution in [0.5, 0.6) is 0 Å². The number of fused-ring (bicyclic) bond motifs is 1. The maximum atomic E-state index is 12.1. The van der Waals surface area contributed by atoms with Gasteiger partial charge in [0.05, 0.1) is 5.52 Å². The predicted octanol–water partition coefficient (Wildman–Crippen LogP) is 4.19. The molecule has 1 aromatic carbocycles. The number of nitrogens with one attached hydrogen (secondary N) is 1. The molecule has 124 valence electrons. The number of halogens is 1. The van der Waals surface area contributed by atoms with E-state index in [1.807, 2.05) is 52.1 Å². The van der Waals surface area contributed by atoms with Gasteiger partial charge >= 0.3 is 0 Å². The topological polar surface area (TPSA) is 45.2 Å². The van der Waals surface area contributed by atoms with E-state index in [1.54, 1.807) is 11.1 Å². The van der Waals surface area contributed by atoms with Crippen molar-refractivity contribution < 1.29 is 4.79 Å². The van der Waals surface area contributed by atoms with Gasteiger partial charge in [0.15, 0.2) is 0 Å². The first-order valence-corrected chi connectivity index (χ1v) is 8.20. The number of nitrogens with zero attached hydrogens (tertiary/aromatic N) is 2. The Labute approximate surface area is 142 Å². The van der Waals surface area contributed by atoms with E-state index in [0.29, 0.717) is 5.02 Å². The lowest BCUT2D eigenvalue weighted by Crippen LogP contribution is -2.37. The number of aromatic nitrogens is 1. The number of anilines is 1. The second-order valence-corrected chi connectivity index (χ2v) is 7.21. The number of amides is 1. The van der Waals surface area contributed by atoms with Gasteiger partial charge in [-0.2, -0.15) is 0 Å². The van der Waals surface area contributed by atoms with Gasteiger partial charge in [-0.1, -0.05) is 32.4 Å². The summed E-state index contributed by atoms with van der Waals surface area (Å²) in [4.78, 5) is 18.3. The molecule has 0 spiro atoms. The Kier molecular flexibility index (Phi) is 5.47. The fourth-order valence-electron chi connectivity index (χ4n) is 2.49. The molecular formula is C18H24ClN3O. The van der Waals surface area contributed by atoms with Gasteiger partial charge in [0.2, 0.25) is 5.91 Å². The van der Waals surface area contributed by atoms with Crippen LogP contribution in [0.4, 0.5) is 5.69 Å². The highest BCUT2D eigenvalue weighted by Crippen LogP contribution is 2.24. The third-order valence-electron chi connectivity index (χ3n) is 3.68. The molecule has 0 fully saturated rings. The lowest BCUT2D eigenvalue weighted by molar-refractivity contribution is -0.138. The number of pyridine rings is 1. The molecule has 4 nitrogen and oxygen atoms in total. The lowest BCUT2D eigenvalue weighted by atomic mass is 9.95. The largest absolute Gasteiger partial charge is 0.384 e. The number of benzene rings is 1. The van der Waals surface area contributed by atoms with Crippen molar-refractivity contribution in [2.45, 2.75) is 27.2 Å². The average molecular weight is 334 g/mol. The highest BCUT2D eigenvalue weighted by atomic mass is 35.5. The fourth-order valence-corrected chi connectivity index (χ4v) is 2.66. The van der Waals surface area contributed by atoms with Crippen LogP contribution in [0, 0.1) is 5.41 Å². The van der Waals surface area contributed by atoms with Crippen LogP contribution in [0.1, 0.15) is 27.2 Å². The summed E-state index contributed by atoms with van der Waals surface area (Å²) in [6.45, 7) is 7.36. The molecule has 0 saturated heterocycles. The van der Waals surface area contributed by atoms with Crippen molar-refractivity contribution in [3.05, 3.63) is 35.5 Å².